The summed E-state index contributed by atoms with van der Waals surface area (Å²) in [6.45, 7) is 2.73. The third-order valence-corrected chi connectivity index (χ3v) is 4.50. The summed E-state index contributed by atoms with van der Waals surface area (Å²) in [6.07, 6.45) is 2.82. The summed E-state index contributed by atoms with van der Waals surface area (Å²) < 4.78 is 0. The van der Waals surface area contributed by atoms with E-state index in [2.05, 4.69) is 25.1 Å². The molecule has 1 aromatic carbocycles. The molecule has 1 aliphatic heterocycles. The first-order chi connectivity index (χ1) is 12.2. The normalized spacial score (nSPS) is 19.2. The van der Waals surface area contributed by atoms with Gasteiger partial charge in [0.2, 0.25) is 0 Å². The van der Waals surface area contributed by atoms with Gasteiger partial charge in [-0.05, 0) is 6.07 Å². The Morgan fingerprint density at radius 3 is 3.00 bits per heavy atom. The quantitative estimate of drug-likeness (QED) is 0.648. The number of aliphatic hydroxyl groups excluding tert-OH is 1. The molecule has 3 heterocycles. The van der Waals surface area contributed by atoms with E-state index < -0.39 is 6.10 Å². The average Bonchev–Trinajstić information content (AvgIpc) is 3.23. The second kappa shape index (κ2) is 6.66. The Morgan fingerprint density at radius 2 is 2.16 bits per heavy atom. The molecule has 0 radical (unpaired) electrons. The predicted octanol–water partition coefficient (Wildman–Crippen LogP) is 0.605. The minimum Gasteiger partial charge on any atom is -0.390 e. The molecular formula is C17H20N6O2. The van der Waals surface area contributed by atoms with E-state index in [1.807, 2.05) is 24.3 Å². The van der Waals surface area contributed by atoms with Crippen LogP contribution in [0, 0.1) is 0 Å². The SMILES string of the molecule is O=C(c1n[nH]c2ccccc12)N1CCN(Cc2cnc[nH]2)C[C@@H](O)C1. The number of amides is 1. The second-order valence-electron chi connectivity index (χ2n) is 6.33. The fraction of sp³-hybridized carbons (Fsp3) is 0.353. The molecule has 1 aliphatic rings. The van der Waals surface area contributed by atoms with E-state index in [0.29, 0.717) is 38.4 Å². The lowest BCUT2D eigenvalue weighted by Gasteiger charge is -2.20. The van der Waals surface area contributed by atoms with Gasteiger partial charge < -0.3 is 15.0 Å². The van der Waals surface area contributed by atoms with E-state index in [1.165, 1.54) is 0 Å². The average molecular weight is 340 g/mol. The fourth-order valence-electron chi connectivity index (χ4n) is 3.27. The molecule has 0 aliphatic carbocycles. The lowest BCUT2D eigenvalue weighted by atomic mass is 10.2. The van der Waals surface area contributed by atoms with Gasteiger partial charge in [0.25, 0.3) is 5.91 Å². The third kappa shape index (κ3) is 3.26. The van der Waals surface area contributed by atoms with E-state index in [1.54, 1.807) is 17.4 Å². The van der Waals surface area contributed by atoms with Crippen molar-refractivity contribution in [2.75, 3.05) is 26.2 Å². The first-order valence-corrected chi connectivity index (χ1v) is 8.31. The van der Waals surface area contributed by atoms with Gasteiger partial charge in [-0.3, -0.25) is 14.8 Å². The molecule has 25 heavy (non-hydrogen) atoms. The molecule has 1 atom stereocenters. The number of hydrogen-bond acceptors (Lipinski definition) is 5. The number of hydrogen-bond donors (Lipinski definition) is 3. The molecule has 0 spiro atoms. The zero-order chi connectivity index (χ0) is 17.2. The molecule has 1 amide bonds. The van der Waals surface area contributed by atoms with Crippen LogP contribution in [0.5, 0.6) is 0 Å². The number of imidazole rings is 1. The van der Waals surface area contributed by atoms with Crippen LogP contribution in [0.15, 0.2) is 36.8 Å². The number of para-hydroxylation sites is 1. The summed E-state index contributed by atoms with van der Waals surface area (Å²) in [5, 5.41) is 18.2. The van der Waals surface area contributed by atoms with Crippen molar-refractivity contribution in [2.24, 2.45) is 0 Å². The highest BCUT2D eigenvalue weighted by Crippen LogP contribution is 2.18. The summed E-state index contributed by atoms with van der Waals surface area (Å²) in [4.78, 5) is 23.8. The molecule has 8 nitrogen and oxygen atoms in total. The molecule has 2 aromatic heterocycles. The largest absolute Gasteiger partial charge is 0.390 e. The number of aliphatic hydroxyl groups is 1. The van der Waals surface area contributed by atoms with Crippen molar-refractivity contribution in [1.29, 1.82) is 0 Å². The van der Waals surface area contributed by atoms with Gasteiger partial charge in [0.05, 0.1) is 17.9 Å². The highest BCUT2D eigenvalue weighted by Gasteiger charge is 2.27. The molecule has 0 unspecified atom stereocenters. The van der Waals surface area contributed by atoms with Crippen molar-refractivity contribution >= 4 is 16.8 Å². The van der Waals surface area contributed by atoms with E-state index in [4.69, 9.17) is 0 Å². The number of aromatic amines is 2. The lowest BCUT2D eigenvalue weighted by molar-refractivity contribution is 0.0659. The topological polar surface area (TPSA) is 101 Å². The first kappa shape index (κ1) is 15.8. The number of β-amino-alcohol motifs (C(OH)–C–C–N with tert-alkyl or cyclic N) is 1. The van der Waals surface area contributed by atoms with Crippen LogP contribution in [0.4, 0.5) is 0 Å². The van der Waals surface area contributed by atoms with Crippen molar-refractivity contribution in [1.82, 2.24) is 30.0 Å². The Morgan fingerprint density at radius 1 is 1.28 bits per heavy atom. The maximum absolute atomic E-state index is 12.9. The fourth-order valence-corrected chi connectivity index (χ4v) is 3.27. The molecule has 0 bridgehead atoms. The summed E-state index contributed by atoms with van der Waals surface area (Å²) in [5.74, 6) is -0.153. The number of benzene rings is 1. The first-order valence-electron chi connectivity index (χ1n) is 8.31. The highest BCUT2D eigenvalue weighted by molar-refractivity contribution is 6.04. The minimum absolute atomic E-state index is 0.153. The number of fused-ring (bicyclic) bond motifs is 1. The lowest BCUT2D eigenvalue weighted by Crippen LogP contribution is -2.38. The van der Waals surface area contributed by atoms with E-state index in [-0.39, 0.29) is 5.91 Å². The number of H-pyrrole nitrogens is 2. The smallest absolute Gasteiger partial charge is 0.275 e. The van der Waals surface area contributed by atoms with Gasteiger partial charge in [-0.1, -0.05) is 18.2 Å². The third-order valence-electron chi connectivity index (χ3n) is 4.50. The van der Waals surface area contributed by atoms with E-state index >= 15 is 0 Å². The van der Waals surface area contributed by atoms with Crippen LogP contribution >= 0.6 is 0 Å². The van der Waals surface area contributed by atoms with Crippen molar-refractivity contribution in [3.8, 4) is 0 Å². The van der Waals surface area contributed by atoms with Crippen LogP contribution in [-0.2, 0) is 6.54 Å². The number of aromatic nitrogens is 4. The molecular weight excluding hydrogens is 320 g/mol. The molecule has 8 heteroatoms. The summed E-state index contributed by atoms with van der Waals surface area (Å²) in [7, 11) is 0. The van der Waals surface area contributed by atoms with Crippen LogP contribution in [0.25, 0.3) is 10.9 Å². The van der Waals surface area contributed by atoms with Crippen molar-refractivity contribution in [3.63, 3.8) is 0 Å². The standard InChI is InChI=1S/C17H20N6O2/c24-13-9-22(8-12-7-18-11-19-12)5-6-23(10-13)17(25)16-14-3-1-2-4-15(14)20-21-16/h1-4,7,11,13,24H,5-6,8-10H2,(H,18,19)(H,20,21)/t13-/m1/s1. The Kier molecular flexibility index (Phi) is 4.21. The van der Waals surface area contributed by atoms with Crippen LogP contribution in [0.2, 0.25) is 0 Å². The molecule has 1 saturated heterocycles. The summed E-state index contributed by atoms with van der Waals surface area (Å²) in [5.41, 5.74) is 2.23. The van der Waals surface area contributed by atoms with Crippen LogP contribution < -0.4 is 0 Å². The summed E-state index contributed by atoms with van der Waals surface area (Å²) >= 11 is 0. The van der Waals surface area contributed by atoms with Crippen molar-refractivity contribution in [2.45, 2.75) is 12.6 Å². The van der Waals surface area contributed by atoms with E-state index in [9.17, 15) is 9.90 Å². The van der Waals surface area contributed by atoms with Crippen molar-refractivity contribution in [3.05, 3.63) is 48.2 Å². The van der Waals surface area contributed by atoms with Crippen LogP contribution in [0.1, 0.15) is 16.2 Å². The molecule has 0 saturated carbocycles. The number of nitrogens with zero attached hydrogens (tertiary/aromatic N) is 4. The van der Waals surface area contributed by atoms with Gasteiger partial charge in [-0.15, -0.1) is 0 Å². The predicted molar refractivity (Wildman–Crippen MR) is 91.9 cm³/mol. The van der Waals surface area contributed by atoms with Gasteiger partial charge in [-0.25, -0.2) is 4.98 Å². The van der Waals surface area contributed by atoms with Gasteiger partial charge in [0, 0.05) is 50.0 Å². The van der Waals surface area contributed by atoms with Gasteiger partial charge >= 0.3 is 0 Å². The molecule has 3 aromatic rings. The highest BCUT2D eigenvalue weighted by atomic mass is 16.3. The van der Waals surface area contributed by atoms with Crippen LogP contribution in [-0.4, -0.2) is 73.3 Å². The Hall–Kier alpha value is -2.71. The second-order valence-corrected chi connectivity index (χ2v) is 6.33. The van der Waals surface area contributed by atoms with Gasteiger partial charge in [0.1, 0.15) is 0 Å². The molecule has 3 N–H and O–H groups in total. The minimum atomic E-state index is -0.598. The zero-order valence-electron chi connectivity index (χ0n) is 13.7. The molecule has 1 fully saturated rings. The number of carbonyl (C=O) groups is 1. The number of carbonyl (C=O) groups excluding carboxylic acids is 1. The Bertz CT molecular complexity index is 859. The number of nitrogens with one attached hydrogen (secondary N) is 2. The summed E-state index contributed by atoms with van der Waals surface area (Å²) in [6, 6.07) is 7.56. The maximum Gasteiger partial charge on any atom is 0.275 e. The molecule has 4 rings (SSSR count). The monoisotopic (exact) mass is 340 g/mol. The maximum atomic E-state index is 12.9. The molecule has 130 valence electrons. The Balaban J connectivity index is 1.50. The van der Waals surface area contributed by atoms with Gasteiger partial charge in [-0.2, -0.15) is 5.10 Å². The number of rotatable bonds is 3. The van der Waals surface area contributed by atoms with E-state index in [0.717, 1.165) is 16.6 Å². The Labute approximate surface area is 144 Å². The zero-order valence-corrected chi connectivity index (χ0v) is 13.7. The van der Waals surface area contributed by atoms with Gasteiger partial charge in [0.15, 0.2) is 5.69 Å². The van der Waals surface area contributed by atoms with Crippen molar-refractivity contribution < 1.29 is 9.90 Å². The van der Waals surface area contributed by atoms with Crippen LogP contribution in [0.3, 0.4) is 0 Å².